The summed E-state index contributed by atoms with van der Waals surface area (Å²) in [6.07, 6.45) is 9.81. The number of hydrogen-bond donors (Lipinski definition) is 0. The molecule has 3 heteroatoms. The molecule has 23 heavy (non-hydrogen) atoms. The molecule has 0 N–H and O–H groups in total. The molecule has 5 atom stereocenters. The van der Waals surface area contributed by atoms with E-state index in [1.165, 1.54) is 5.57 Å². The van der Waals surface area contributed by atoms with Crippen molar-refractivity contribution in [3.8, 4) is 0 Å². The van der Waals surface area contributed by atoms with E-state index in [0.29, 0.717) is 6.42 Å². The Labute approximate surface area is 137 Å². The average Bonchev–Trinajstić information content (AvgIpc) is 2.53. The molecule has 122 valence electrons. The summed E-state index contributed by atoms with van der Waals surface area (Å²) in [4.78, 5) is 36.6. The number of carbonyl (C=O) groups is 3. The predicted molar refractivity (Wildman–Crippen MR) is 86.6 cm³/mol. The highest BCUT2D eigenvalue weighted by atomic mass is 16.1. The number of allylic oxidation sites excluding steroid dienone is 3. The van der Waals surface area contributed by atoms with Crippen LogP contribution in [0.2, 0.25) is 0 Å². The zero-order chi connectivity index (χ0) is 16.5. The fourth-order valence-electron chi connectivity index (χ4n) is 6.32. The van der Waals surface area contributed by atoms with Crippen molar-refractivity contribution < 1.29 is 14.4 Å². The lowest BCUT2D eigenvalue weighted by atomic mass is 9.36. The summed E-state index contributed by atoms with van der Waals surface area (Å²) in [7, 11) is 0. The van der Waals surface area contributed by atoms with Gasteiger partial charge in [0, 0.05) is 17.8 Å². The summed E-state index contributed by atoms with van der Waals surface area (Å²) in [5.74, 6) is 0.439. The molecule has 0 heterocycles. The maximum atomic E-state index is 13.2. The van der Waals surface area contributed by atoms with Crippen molar-refractivity contribution >= 4 is 18.4 Å². The Morgan fingerprint density at radius 2 is 2.00 bits per heavy atom. The van der Waals surface area contributed by atoms with E-state index in [4.69, 9.17) is 0 Å². The third kappa shape index (κ3) is 1.58. The Morgan fingerprint density at radius 3 is 2.65 bits per heavy atom. The normalized spacial score (nSPS) is 48.3. The molecule has 5 aliphatic carbocycles. The first-order valence-corrected chi connectivity index (χ1v) is 8.76. The van der Waals surface area contributed by atoms with E-state index in [0.717, 1.165) is 56.7 Å². The van der Waals surface area contributed by atoms with Crippen molar-refractivity contribution in [2.75, 3.05) is 0 Å². The maximum Gasteiger partial charge on any atom is 0.144 e. The summed E-state index contributed by atoms with van der Waals surface area (Å²) in [6.45, 7) is 6.10. The second kappa shape index (κ2) is 4.52. The van der Waals surface area contributed by atoms with Crippen molar-refractivity contribution in [3.05, 3.63) is 23.8 Å². The lowest BCUT2D eigenvalue weighted by molar-refractivity contribution is -0.161. The molecule has 0 unspecified atom stereocenters. The van der Waals surface area contributed by atoms with Crippen LogP contribution in [0.1, 0.15) is 51.9 Å². The van der Waals surface area contributed by atoms with Gasteiger partial charge >= 0.3 is 0 Å². The molecule has 0 saturated heterocycles. The number of ketones is 1. The molecule has 0 aliphatic heterocycles. The summed E-state index contributed by atoms with van der Waals surface area (Å²) in [5.41, 5.74) is 0.980. The number of hydrogen-bond acceptors (Lipinski definition) is 3. The Balaban J connectivity index is 1.88. The Hall–Kier alpha value is -1.51. The fourth-order valence-corrected chi connectivity index (χ4v) is 6.32. The first-order valence-electron chi connectivity index (χ1n) is 8.76. The summed E-state index contributed by atoms with van der Waals surface area (Å²) >= 11 is 0. The molecule has 0 amide bonds. The van der Waals surface area contributed by atoms with E-state index >= 15 is 0 Å². The number of fused-ring (bicyclic) bond motifs is 2. The number of Topliss-reactive ketones (excluding diaryl/α,β-unsaturated/α-hetero) is 1. The van der Waals surface area contributed by atoms with Gasteiger partial charge in [0.1, 0.15) is 18.4 Å². The maximum absolute atomic E-state index is 13.2. The third-order valence-corrected chi connectivity index (χ3v) is 7.61. The zero-order valence-corrected chi connectivity index (χ0v) is 13.8. The van der Waals surface area contributed by atoms with Crippen LogP contribution in [0.25, 0.3) is 0 Å². The van der Waals surface area contributed by atoms with Gasteiger partial charge in [-0.05, 0) is 49.9 Å². The Kier molecular flexibility index (Phi) is 2.96. The molecule has 5 rings (SSSR count). The van der Waals surface area contributed by atoms with Gasteiger partial charge in [-0.3, -0.25) is 4.79 Å². The van der Waals surface area contributed by atoms with Crippen molar-refractivity contribution in [2.24, 2.45) is 28.1 Å². The fraction of sp³-hybridized carbons (Fsp3) is 0.650. The SMILES string of the molecule is C=C1C[C@]23CC[C@]4(C(=O)C2)C(=CCC[C@@]4(C)C=O)[C@@H]3C[C@@H]1C=O. The highest BCUT2D eigenvalue weighted by molar-refractivity contribution is 5.95. The smallest absolute Gasteiger partial charge is 0.144 e. The standard InChI is InChI=1S/C20H24O3/c1-13-9-19-6-7-20(17(23)10-19)15(16(19)8-14(13)11-21)4-3-5-18(20,2)12-22/h4,11-12,14,16H,1,3,5-10H2,2H3/t14-,16+,18+,19-,20-/m1/s1. The highest BCUT2D eigenvalue weighted by Gasteiger charge is 2.69. The number of aldehydes is 2. The van der Waals surface area contributed by atoms with Gasteiger partial charge in [0.05, 0.1) is 5.41 Å². The highest BCUT2D eigenvalue weighted by Crippen LogP contribution is 2.72. The molecule has 0 aromatic carbocycles. The van der Waals surface area contributed by atoms with Gasteiger partial charge in [-0.15, -0.1) is 0 Å². The monoisotopic (exact) mass is 312 g/mol. The topological polar surface area (TPSA) is 51.2 Å². The van der Waals surface area contributed by atoms with Gasteiger partial charge < -0.3 is 9.59 Å². The summed E-state index contributed by atoms with van der Waals surface area (Å²) in [5, 5.41) is 0. The van der Waals surface area contributed by atoms with E-state index in [2.05, 4.69) is 12.7 Å². The largest absolute Gasteiger partial charge is 0.303 e. The number of rotatable bonds is 2. The lowest BCUT2D eigenvalue weighted by Gasteiger charge is -2.65. The first-order chi connectivity index (χ1) is 10.9. The number of carbonyl (C=O) groups excluding carboxylic acids is 3. The molecule has 0 aromatic heterocycles. The van der Waals surface area contributed by atoms with Crippen LogP contribution < -0.4 is 0 Å². The zero-order valence-electron chi connectivity index (χ0n) is 13.8. The minimum Gasteiger partial charge on any atom is -0.303 e. The van der Waals surface area contributed by atoms with Crippen molar-refractivity contribution in [1.29, 1.82) is 0 Å². The molecule has 2 bridgehead atoms. The molecule has 0 aromatic rings. The van der Waals surface area contributed by atoms with Crippen LogP contribution in [0.15, 0.2) is 23.8 Å². The minimum atomic E-state index is -0.592. The van der Waals surface area contributed by atoms with Crippen LogP contribution in [0, 0.1) is 28.1 Å². The quantitative estimate of drug-likeness (QED) is 0.580. The second-order valence-electron chi connectivity index (χ2n) is 8.47. The molecule has 2 spiro atoms. The summed E-state index contributed by atoms with van der Waals surface area (Å²) < 4.78 is 0. The van der Waals surface area contributed by atoms with Gasteiger partial charge in [0.25, 0.3) is 0 Å². The van der Waals surface area contributed by atoms with Gasteiger partial charge in [-0.2, -0.15) is 0 Å². The van der Waals surface area contributed by atoms with Crippen LogP contribution >= 0.6 is 0 Å². The lowest BCUT2D eigenvalue weighted by Crippen LogP contribution is -2.64. The van der Waals surface area contributed by atoms with Gasteiger partial charge in [0.2, 0.25) is 0 Å². The van der Waals surface area contributed by atoms with E-state index in [1.807, 2.05) is 6.92 Å². The molecular weight excluding hydrogens is 288 g/mol. The predicted octanol–water partition coefficient (Wildman–Crippen LogP) is 3.43. The molecule has 3 nitrogen and oxygen atoms in total. The Bertz CT molecular complexity index is 660. The van der Waals surface area contributed by atoms with Crippen LogP contribution in [-0.4, -0.2) is 18.4 Å². The average molecular weight is 312 g/mol. The third-order valence-electron chi connectivity index (χ3n) is 7.61. The van der Waals surface area contributed by atoms with E-state index < -0.39 is 10.8 Å². The minimum absolute atomic E-state index is 0.0393. The summed E-state index contributed by atoms with van der Waals surface area (Å²) in [6, 6.07) is 0. The van der Waals surface area contributed by atoms with Crippen molar-refractivity contribution in [1.82, 2.24) is 0 Å². The second-order valence-corrected chi connectivity index (χ2v) is 8.47. The molecular formula is C20H24O3. The van der Waals surface area contributed by atoms with Crippen molar-refractivity contribution in [3.63, 3.8) is 0 Å². The molecule has 4 saturated carbocycles. The molecule has 5 aliphatic rings. The van der Waals surface area contributed by atoms with Crippen LogP contribution in [0.5, 0.6) is 0 Å². The Morgan fingerprint density at radius 1 is 1.22 bits per heavy atom. The van der Waals surface area contributed by atoms with Gasteiger partial charge in [0.15, 0.2) is 0 Å². The van der Waals surface area contributed by atoms with Crippen molar-refractivity contribution in [2.45, 2.75) is 51.9 Å². The van der Waals surface area contributed by atoms with E-state index in [9.17, 15) is 14.4 Å². The molecule has 0 radical (unpaired) electrons. The van der Waals surface area contributed by atoms with Crippen LogP contribution in [-0.2, 0) is 14.4 Å². The van der Waals surface area contributed by atoms with E-state index in [-0.39, 0.29) is 23.0 Å². The van der Waals surface area contributed by atoms with Gasteiger partial charge in [-0.25, -0.2) is 0 Å². The van der Waals surface area contributed by atoms with Crippen LogP contribution in [0.4, 0.5) is 0 Å². The molecule has 4 fully saturated rings. The van der Waals surface area contributed by atoms with Gasteiger partial charge in [-0.1, -0.05) is 30.7 Å². The van der Waals surface area contributed by atoms with E-state index in [1.54, 1.807) is 0 Å². The first kappa shape index (κ1) is 15.0. The van der Waals surface area contributed by atoms with Crippen LogP contribution in [0.3, 0.4) is 0 Å².